The molecule has 14 aromatic rings. The van der Waals surface area contributed by atoms with Crippen molar-refractivity contribution in [3.63, 3.8) is 0 Å². The molecular formula is C78H72ClF4N17O4. The van der Waals surface area contributed by atoms with E-state index < -0.39 is 5.91 Å². The predicted molar refractivity (Wildman–Crippen MR) is 396 cm³/mol. The summed E-state index contributed by atoms with van der Waals surface area (Å²) in [7, 11) is 8.74. The van der Waals surface area contributed by atoms with Gasteiger partial charge in [0.25, 0.3) is 5.91 Å². The summed E-state index contributed by atoms with van der Waals surface area (Å²) < 4.78 is 63.8. The second kappa shape index (κ2) is 36.3. The number of aromatic nitrogens is 12. The maximum Gasteiger partial charge on any atom is 0.337 e. The van der Waals surface area contributed by atoms with Gasteiger partial charge in [0.2, 0.25) is 0 Å². The van der Waals surface area contributed by atoms with E-state index in [0.29, 0.717) is 58.5 Å². The average molecular weight is 1420 g/mol. The second-order valence-electron chi connectivity index (χ2n) is 22.7. The number of rotatable bonds is 16. The number of carbonyl (C=O) groups is 2. The third kappa shape index (κ3) is 21.4. The van der Waals surface area contributed by atoms with Crippen molar-refractivity contribution in [2.24, 2.45) is 28.2 Å². The number of pyridine rings is 4. The van der Waals surface area contributed by atoms with Crippen molar-refractivity contribution in [1.29, 1.82) is 0 Å². The molecule has 0 aliphatic rings. The minimum Gasteiger partial charge on any atom is -0.465 e. The first kappa shape index (κ1) is 75.1. The maximum absolute atomic E-state index is 13.3. The Kier molecular flexibility index (Phi) is 26.2. The number of hydrogen-bond acceptors (Lipinski definition) is 16. The summed E-state index contributed by atoms with van der Waals surface area (Å²) >= 11 is 5.74. The van der Waals surface area contributed by atoms with Crippen molar-refractivity contribution < 1.29 is 37.1 Å². The molecular weight excluding hydrogens is 1350 g/mol. The molecule has 0 bridgehead atoms. The minimum absolute atomic E-state index is 0. The molecule has 0 radical (unpaired) electrons. The van der Waals surface area contributed by atoms with Crippen LogP contribution < -0.4 is 26.3 Å². The molecule has 0 fully saturated rings. The first-order valence-electron chi connectivity index (χ1n) is 31.6. The third-order valence-corrected chi connectivity index (χ3v) is 15.5. The van der Waals surface area contributed by atoms with E-state index in [2.05, 4.69) is 45.6 Å². The van der Waals surface area contributed by atoms with Crippen molar-refractivity contribution >= 4 is 64.2 Å². The third-order valence-electron chi connectivity index (χ3n) is 15.3. The summed E-state index contributed by atoms with van der Waals surface area (Å²) in [6.45, 7) is 0.955. The lowest BCUT2D eigenvalue weighted by Crippen LogP contribution is -2.20. The zero-order valence-corrected chi connectivity index (χ0v) is 57.0. The van der Waals surface area contributed by atoms with E-state index in [1.165, 1.54) is 55.6 Å². The Bertz CT molecular complexity index is 4850. The fourth-order valence-electron chi connectivity index (χ4n) is 10.1. The number of carbonyl (C=O) groups excluding carboxylic acids is 2. The molecule has 0 unspecified atom stereocenters. The quantitative estimate of drug-likeness (QED) is 0.0231. The van der Waals surface area contributed by atoms with Crippen LogP contribution in [0.2, 0.25) is 5.15 Å². The molecule has 0 saturated carbocycles. The van der Waals surface area contributed by atoms with E-state index in [1.807, 2.05) is 142 Å². The van der Waals surface area contributed by atoms with E-state index in [9.17, 15) is 27.2 Å². The number of hydrogen-bond donors (Lipinski definition) is 4. The Hall–Kier alpha value is -13.1. The number of anilines is 7. The number of benzene rings is 6. The number of nitrogen functional groups attached to an aromatic ring is 1. The van der Waals surface area contributed by atoms with E-state index >= 15 is 0 Å². The van der Waals surface area contributed by atoms with Gasteiger partial charge in [0.15, 0.2) is 17.5 Å². The highest BCUT2D eigenvalue weighted by molar-refractivity contribution is 6.29. The lowest BCUT2D eigenvalue weighted by atomic mass is 10.1. The zero-order valence-electron chi connectivity index (χ0n) is 56.2. The number of halogens is 5. The molecule has 104 heavy (non-hydrogen) atoms. The molecule has 8 aromatic heterocycles. The Balaban J connectivity index is 0.000000160. The van der Waals surface area contributed by atoms with Gasteiger partial charge in [0, 0.05) is 102 Å². The Labute approximate surface area is 602 Å². The Morgan fingerprint density at radius 3 is 1.16 bits per heavy atom. The fourth-order valence-corrected chi connectivity index (χ4v) is 10.2. The molecule has 1 amide bonds. The van der Waals surface area contributed by atoms with Gasteiger partial charge in [-0.05, 0) is 183 Å². The molecule has 14 rings (SSSR count). The van der Waals surface area contributed by atoms with Gasteiger partial charge in [0.05, 0.1) is 25.8 Å². The average Bonchev–Trinajstić information content (AvgIpc) is 1.29. The van der Waals surface area contributed by atoms with Crippen LogP contribution in [0.1, 0.15) is 39.3 Å². The van der Waals surface area contributed by atoms with Gasteiger partial charge in [-0.3, -0.25) is 28.7 Å². The SMILES string of the molecule is C.COC(=O)c1ccc(CN(c2cc(-c3ccc(F)cc3)ccn2)c2ccn(C)n2)cc1.Cn1ccc(N(Cc2ccc(C(=O)NO)cc2)c2cc(-c3ccc(F)cc3)ccn2)n1.Cn1ccc(N)n1.Cn1ccc(Nc2cc(-c3ccc(F)cc3)ccn2)n1.Fc1ccc(-c2ccnc(Cl)c2)cc1. The molecule has 6 aromatic carbocycles. The van der Waals surface area contributed by atoms with Gasteiger partial charge in [-0.15, -0.1) is 0 Å². The number of nitrogens with two attached hydrogens (primary N) is 1. The van der Waals surface area contributed by atoms with Crippen LogP contribution in [0.5, 0.6) is 0 Å². The van der Waals surface area contributed by atoms with Crippen LogP contribution in [-0.4, -0.2) is 83.3 Å². The number of ether oxygens (including phenoxy) is 1. The zero-order chi connectivity index (χ0) is 72.8. The molecule has 8 heterocycles. The minimum atomic E-state index is -0.568. The number of aryl methyl sites for hydroxylation is 4. The summed E-state index contributed by atoms with van der Waals surface area (Å²) in [5.41, 5.74) is 17.0. The summed E-state index contributed by atoms with van der Waals surface area (Å²) in [4.78, 5) is 44.4. The van der Waals surface area contributed by atoms with Crippen LogP contribution in [0.3, 0.4) is 0 Å². The number of esters is 1. The van der Waals surface area contributed by atoms with Gasteiger partial charge in [0.1, 0.15) is 51.7 Å². The van der Waals surface area contributed by atoms with Gasteiger partial charge in [-0.1, -0.05) is 91.8 Å². The molecule has 0 atom stereocenters. The van der Waals surface area contributed by atoms with E-state index in [1.54, 1.807) is 140 Å². The first-order chi connectivity index (χ1) is 49.8. The molecule has 0 aliphatic carbocycles. The fraction of sp³-hybridized carbons (Fsp3) is 0.103. The van der Waals surface area contributed by atoms with E-state index in [-0.39, 0.29) is 36.7 Å². The lowest BCUT2D eigenvalue weighted by Gasteiger charge is -2.22. The van der Waals surface area contributed by atoms with Crippen LogP contribution in [0.25, 0.3) is 44.5 Å². The van der Waals surface area contributed by atoms with Crippen LogP contribution in [0.4, 0.5) is 58.3 Å². The normalized spacial score (nSPS) is 10.4. The van der Waals surface area contributed by atoms with Gasteiger partial charge >= 0.3 is 5.97 Å². The number of nitrogens with one attached hydrogen (secondary N) is 2. The van der Waals surface area contributed by atoms with Gasteiger partial charge < -0.3 is 25.6 Å². The van der Waals surface area contributed by atoms with Gasteiger partial charge in [-0.2, -0.15) is 20.4 Å². The Morgan fingerprint density at radius 2 is 0.808 bits per heavy atom. The Morgan fingerprint density at radius 1 is 0.433 bits per heavy atom. The van der Waals surface area contributed by atoms with Crippen LogP contribution >= 0.6 is 11.6 Å². The highest BCUT2D eigenvalue weighted by Gasteiger charge is 2.19. The number of hydroxylamine groups is 1. The molecule has 0 aliphatic heterocycles. The topological polar surface area (TPSA) is 243 Å². The second-order valence-corrected chi connectivity index (χ2v) is 23.1. The van der Waals surface area contributed by atoms with Crippen molar-refractivity contribution in [2.75, 3.05) is 28.0 Å². The van der Waals surface area contributed by atoms with E-state index in [0.717, 1.165) is 67.3 Å². The molecule has 528 valence electrons. The summed E-state index contributed by atoms with van der Waals surface area (Å²) in [5, 5.41) is 29.4. The molecule has 5 N–H and O–H groups in total. The number of amides is 1. The molecule has 0 spiro atoms. The standard InChI is InChI=1S/C24H21FN4O2.C23H20FN5O2.C15H13FN4.C11H7ClFN.C4H7N3.CH4/c1-28-14-12-22(27-28)29(16-17-3-5-19(6-4-17)24(30)31-2)23-15-20(11-13-26-23)18-7-9-21(25)10-8-18;1-28-13-11-21(26-28)29(15-16-2-4-18(5-3-16)23(30)27-31)22-14-19(10-12-25-22)17-6-8-20(24)9-7-17;1-20-9-7-14(19-20)18-15-10-12(6-8-17-15)11-2-4-13(16)5-3-11;12-11-7-9(5-6-14-11)8-1-3-10(13)4-2-8;1-7-3-2-4(5)6-7;/h3-15H,16H2,1-2H3;2-14,31H,15H2,1H3,(H,27,30);2-10H,1H3,(H,17,18,19);1-7H;2-3H,1H3,(H2,5,6);1H4. The van der Waals surface area contributed by atoms with Gasteiger partial charge in [-0.25, -0.2) is 47.8 Å². The largest absolute Gasteiger partial charge is 0.465 e. The highest BCUT2D eigenvalue weighted by Crippen LogP contribution is 2.32. The summed E-state index contributed by atoms with van der Waals surface area (Å²) in [5.74, 6) is 2.86. The monoisotopic (exact) mass is 1420 g/mol. The predicted octanol–water partition coefficient (Wildman–Crippen LogP) is 16.4. The summed E-state index contributed by atoms with van der Waals surface area (Å²) in [6, 6.07) is 61.9. The number of methoxy groups -OCH3 is 1. The van der Waals surface area contributed by atoms with Crippen LogP contribution in [0, 0.1) is 23.3 Å². The van der Waals surface area contributed by atoms with Crippen molar-refractivity contribution in [3.8, 4) is 44.5 Å². The van der Waals surface area contributed by atoms with Crippen molar-refractivity contribution in [1.82, 2.24) is 64.5 Å². The van der Waals surface area contributed by atoms with Crippen LogP contribution in [0.15, 0.2) is 268 Å². The molecule has 21 nitrogen and oxygen atoms in total. The van der Waals surface area contributed by atoms with Crippen molar-refractivity contribution in [3.05, 3.63) is 319 Å². The molecule has 26 heteroatoms. The van der Waals surface area contributed by atoms with E-state index in [4.69, 9.17) is 27.3 Å². The lowest BCUT2D eigenvalue weighted by molar-refractivity contribution is 0.0600. The highest BCUT2D eigenvalue weighted by atomic mass is 35.5. The van der Waals surface area contributed by atoms with Crippen molar-refractivity contribution in [2.45, 2.75) is 20.5 Å². The summed E-state index contributed by atoms with van der Waals surface area (Å²) in [6.07, 6.45) is 14.1. The molecule has 0 saturated heterocycles. The number of nitrogens with zero attached hydrogens (tertiary/aromatic N) is 14. The maximum atomic E-state index is 13.3. The first-order valence-corrected chi connectivity index (χ1v) is 32.0. The van der Waals surface area contributed by atoms with Crippen LogP contribution in [-0.2, 0) is 46.0 Å². The smallest absolute Gasteiger partial charge is 0.337 e.